The number of ether oxygens (including phenoxy) is 1. The van der Waals surface area contributed by atoms with Crippen LogP contribution in [-0.2, 0) is 0 Å². The molecule has 1 heterocycles. The van der Waals surface area contributed by atoms with Gasteiger partial charge in [-0.2, -0.15) is 0 Å². The zero-order valence-corrected chi connectivity index (χ0v) is 13.1. The van der Waals surface area contributed by atoms with Crippen LogP contribution in [0.15, 0.2) is 34.1 Å². The molecule has 0 aliphatic heterocycles. The predicted molar refractivity (Wildman–Crippen MR) is 81.8 cm³/mol. The van der Waals surface area contributed by atoms with Crippen molar-refractivity contribution in [2.45, 2.75) is 19.9 Å². The second kappa shape index (κ2) is 5.76. The van der Waals surface area contributed by atoms with Gasteiger partial charge in [-0.25, -0.2) is 0 Å². The highest BCUT2D eigenvalue weighted by molar-refractivity contribution is 9.10. The molecule has 0 radical (unpaired) electrons. The third kappa shape index (κ3) is 3.06. The number of aryl methyl sites for hydroxylation is 1. The molecule has 0 aliphatic carbocycles. The standard InChI is InChI=1S/C14H16BrNOS/c1-9-4-5-18-14(9)10(2)16-12-6-11(15)7-13(8-12)17-3/h4-8,10,16H,1-3H3. The number of hydrogen-bond acceptors (Lipinski definition) is 3. The van der Waals surface area contributed by atoms with Crippen LogP contribution in [0, 0.1) is 6.92 Å². The number of anilines is 1. The van der Waals surface area contributed by atoms with E-state index >= 15 is 0 Å². The van der Waals surface area contributed by atoms with Gasteiger partial charge in [-0.3, -0.25) is 0 Å². The Morgan fingerprint density at radius 2 is 2.11 bits per heavy atom. The first-order chi connectivity index (χ1) is 8.60. The number of benzene rings is 1. The van der Waals surface area contributed by atoms with Crippen LogP contribution in [0.4, 0.5) is 5.69 Å². The van der Waals surface area contributed by atoms with E-state index in [0.717, 1.165) is 15.9 Å². The Hall–Kier alpha value is -1.00. The van der Waals surface area contributed by atoms with E-state index in [9.17, 15) is 0 Å². The second-order valence-electron chi connectivity index (χ2n) is 4.21. The summed E-state index contributed by atoms with van der Waals surface area (Å²) in [6.07, 6.45) is 0. The highest BCUT2D eigenvalue weighted by Gasteiger charge is 2.10. The lowest BCUT2D eigenvalue weighted by Gasteiger charge is -2.16. The van der Waals surface area contributed by atoms with E-state index in [2.05, 4.69) is 52.6 Å². The molecule has 1 aromatic heterocycles. The average Bonchev–Trinajstić information content (AvgIpc) is 2.74. The molecule has 2 nitrogen and oxygen atoms in total. The van der Waals surface area contributed by atoms with Gasteiger partial charge in [0.1, 0.15) is 5.75 Å². The zero-order chi connectivity index (χ0) is 13.1. The fourth-order valence-electron chi connectivity index (χ4n) is 1.91. The second-order valence-corrected chi connectivity index (χ2v) is 6.08. The van der Waals surface area contributed by atoms with E-state index in [0.29, 0.717) is 6.04 Å². The lowest BCUT2D eigenvalue weighted by atomic mass is 10.2. The minimum atomic E-state index is 0.295. The van der Waals surface area contributed by atoms with Crippen molar-refractivity contribution in [1.82, 2.24) is 0 Å². The molecular formula is C14H16BrNOS. The molecule has 0 fully saturated rings. The fourth-order valence-corrected chi connectivity index (χ4v) is 3.32. The number of rotatable bonds is 4. The molecule has 1 N–H and O–H groups in total. The topological polar surface area (TPSA) is 21.3 Å². The van der Waals surface area contributed by atoms with E-state index in [1.807, 2.05) is 12.1 Å². The van der Waals surface area contributed by atoms with Gasteiger partial charge in [0.05, 0.1) is 13.2 Å². The molecule has 2 aromatic rings. The molecule has 0 amide bonds. The molecular weight excluding hydrogens is 310 g/mol. The summed E-state index contributed by atoms with van der Waals surface area (Å²) in [5.74, 6) is 0.849. The molecule has 0 bridgehead atoms. The van der Waals surface area contributed by atoms with Crippen LogP contribution in [0.2, 0.25) is 0 Å². The van der Waals surface area contributed by atoms with Gasteiger partial charge in [-0.05, 0) is 43.0 Å². The largest absolute Gasteiger partial charge is 0.497 e. The van der Waals surface area contributed by atoms with Gasteiger partial charge in [0.15, 0.2) is 0 Å². The van der Waals surface area contributed by atoms with Crippen LogP contribution in [0.1, 0.15) is 23.4 Å². The minimum Gasteiger partial charge on any atom is -0.497 e. The van der Waals surface area contributed by atoms with Gasteiger partial charge in [-0.1, -0.05) is 15.9 Å². The molecule has 0 spiro atoms. The van der Waals surface area contributed by atoms with E-state index in [1.165, 1.54) is 10.4 Å². The number of hydrogen-bond donors (Lipinski definition) is 1. The fraction of sp³-hybridized carbons (Fsp3) is 0.286. The van der Waals surface area contributed by atoms with E-state index in [1.54, 1.807) is 18.4 Å². The molecule has 0 saturated heterocycles. The van der Waals surface area contributed by atoms with Crippen molar-refractivity contribution in [1.29, 1.82) is 0 Å². The number of nitrogens with one attached hydrogen (secondary N) is 1. The number of methoxy groups -OCH3 is 1. The Morgan fingerprint density at radius 3 is 2.72 bits per heavy atom. The third-order valence-corrected chi connectivity index (χ3v) is 4.44. The highest BCUT2D eigenvalue weighted by atomic mass is 79.9. The van der Waals surface area contributed by atoms with Crippen LogP contribution in [0.25, 0.3) is 0 Å². The van der Waals surface area contributed by atoms with Gasteiger partial charge in [-0.15, -0.1) is 11.3 Å². The van der Waals surface area contributed by atoms with Crippen LogP contribution >= 0.6 is 27.3 Å². The summed E-state index contributed by atoms with van der Waals surface area (Å²) in [7, 11) is 1.68. The third-order valence-electron chi connectivity index (χ3n) is 2.79. The molecule has 4 heteroatoms. The van der Waals surface area contributed by atoms with Gasteiger partial charge in [0.25, 0.3) is 0 Å². The maximum Gasteiger partial charge on any atom is 0.122 e. The molecule has 0 saturated carbocycles. The monoisotopic (exact) mass is 325 g/mol. The molecule has 1 unspecified atom stereocenters. The van der Waals surface area contributed by atoms with Gasteiger partial charge >= 0.3 is 0 Å². The van der Waals surface area contributed by atoms with Crippen molar-refractivity contribution >= 4 is 33.0 Å². The van der Waals surface area contributed by atoms with E-state index in [-0.39, 0.29) is 0 Å². The van der Waals surface area contributed by atoms with Crippen molar-refractivity contribution < 1.29 is 4.74 Å². The summed E-state index contributed by atoms with van der Waals surface area (Å²) in [5.41, 5.74) is 2.39. The van der Waals surface area contributed by atoms with Crippen molar-refractivity contribution in [2.75, 3.05) is 12.4 Å². The molecule has 18 heavy (non-hydrogen) atoms. The first-order valence-corrected chi connectivity index (χ1v) is 7.42. The lowest BCUT2D eigenvalue weighted by Crippen LogP contribution is -2.06. The Morgan fingerprint density at radius 1 is 1.33 bits per heavy atom. The van der Waals surface area contributed by atoms with Gasteiger partial charge in [0, 0.05) is 21.1 Å². The molecule has 1 aromatic carbocycles. The highest BCUT2D eigenvalue weighted by Crippen LogP contribution is 2.30. The normalized spacial score (nSPS) is 12.2. The van der Waals surface area contributed by atoms with Gasteiger partial charge in [0.2, 0.25) is 0 Å². The van der Waals surface area contributed by atoms with Crippen LogP contribution in [0.5, 0.6) is 5.75 Å². The minimum absolute atomic E-state index is 0.295. The molecule has 96 valence electrons. The summed E-state index contributed by atoms with van der Waals surface area (Å²) in [6, 6.07) is 8.46. The first-order valence-electron chi connectivity index (χ1n) is 5.75. The summed E-state index contributed by atoms with van der Waals surface area (Å²) in [5, 5.41) is 5.63. The van der Waals surface area contributed by atoms with E-state index < -0.39 is 0 Å². The first kappa shape index (κ1) is 13.4. The van der Waals surface area contributed by atoms with Crippen molar-refractivity contribution in [3.8, 4) is 5.75 Å². The van der Waals surface area contributed by atoms with Gasteiger partial charge < -0.3 is 10.1 Å². The number of thiophene rings is 1. The summed E-state index contributed by atoms with van der Waals surface area (Å²) < 4.78 is 6.28. The summed E-state index contributed by atoms with van der Waals surface area (Å²) in [4.78, 5) is 1.37. The predicted octanol–water partition coefficient (Wildman–Crippen LogP) is 5.00. The Bertz CT molecular complexity index is 538. The van der Waals surface area contributed by atoms with Crippen molar-refractivity contribution in [3.63, 3.8) is 0 Å². The van der Waals surface area contributed by atoms with Crippen LogP contribution in [-0.4, -0.2) is 7.11 Å². The molecule has 0 aliphatic rings. The number of halogens is 1. The quantitative estimate of drug-likeness (QED) is 0.853. The van der Waals surface area contributed by atoms with Crippen molar-refractivity contribution in [2.24, 2.45) is 0 Å². The Labute approximate surface area is 120 Å². The zero-order valence-electron chi connectivity index (χ0n) is 10.7. The SMILES string of the molecule is COc1cc(Br)cc(NC(C)c2sccc2C)c1. The van der Waals surface area contributed by atoms with E-state index in [4.69, 9.17) is 4.74 Å². The maximum absolute atomic E-state index is 5.26. The lowest BCUT2D eigenvalue weighted by molar-refractivity contribution is 0.414. The van der Waals surface area contributed by atoms with Crippen molar-refractivity contribution in [3.05, 3.63) is 44.6 Å². The Kier molecular flexibility index (Phi) is 4.30. The average molecular weight is 326 g/mol. The van der Waals surface area contributed by atoms with Crippen LogP contribution in [0.3, 0.4) is 0 Å². The smallest absolute Gasteiger partial charge is 0.122 e. The summed E-state index contributed by atoms with van der Waals surface area (Å²) >= 11 is 5.28. The molecule has 1 atom stereocenters. The van der Waals surface area contributed by atoms with Crippen LogP contribution < -0.4 is 10.1 Å². The summed E-state index contributed by atoms with van der Waals surface area (Å²) in [6.45, 7) is 4.32. The molecule has 2 rings (SSSR count). The maximum atomic E-state index is 5.26. The Balaban J connectivity index is 2.19.